The third-order valence-electron chi connectivity index (χ3n) is 7.07. The molecule has 0 aliphatic carbocycles. The van der Waals surface area contributed by atoms with Crippen LogP contribution in [0, 0.1) is 10.1 Å². The average molecular weight is 542 g/mol. The van der Waals surface area contributed by atoms with Crippen LogP contribution in [0.4, 0.5) is 22.7 Å². The van der Waals surface area contributed by atoms with Gasteiger partial charge < -0.3 is 20.3 Å². The van der Waals surface area contributed by atoms with E-state index in [1.807, 2.05) is 61.5 Å². The lowest BCUT2D eigenvalue weighted by molar-refractivity contribution is -0.384. The molecule has 2 aliphatic heterocycles. The molecule has 5 rings (SSSR count). The number of non-ortho nitro benzene ring substituents is 1. The lowest BCUT2D eigenvalue weighted by Crippen LogP contribution is -2.43. The molecule has 1 fully saturated rings. The number of carbonyl (C=O) groups is 2. The van der Waals surface area contributed by atoms with Crippen LogP contribution in [0.3, 0.4) is 0 Å². The first-order valence-corrected chi connectivity index (χ1v) is 13.3. The van der Waals surface area contributed by atoms with E-state index in [1.165, 1.54) is 12.1 Å². The number of nitro benzene ring substituents is 1. The number of rotatable bonds is 9. The van der Waals surface area contributed by atoms with Crippen LogP contribution in [-0.4, -0.2) is 61.0 Å². The van der Waals surface area contributed by atoms with Crippen LogP contribution in [0.2, 0.25) is 0 Å². The first-order valence-electron chi connectivity index (χ1n) is 13.3. The van der Waals surface area contributed by atoms with Crippen LogP contribution in [-0.2, 0) is 14.3 Å². The van der Waals surface area contributed by atoms with Crippen molar-refractivity contribution in [1.82, 2.24) is 4.90 Å². The van der Waals surface area contributed by atoms with Crippen LogP contribution < -0.4 is 15.5 Å². The van der Waals surface area contributed by atoms with Gasteiger partial charge in [-0.15, -0.1) is 0 Å². The van der Waals surface area contributed by atoms with Gasteiger partial charge in [-0.25, -0.2) is 0 Å². The lowest BCUT2D eigenvalue weighted by atomic mass is 9.99. The van der Waals surface area contributed by atoms with Crippen molar-refractivity contribution in [3.05, 3.63) is 94.0 Å². The Bertz CT molecular complexity index is 1430. The molecule has 0 atom stereocenters. The molecular formula is C30H31N5O5. The van der Waals surface area contributed by atoms with Crippen molar-refractivity contribution in [2.45, 2.75) is 13.3 Å². The molecule has 1 saturated heterocycles. The molecular weight excluding hydrogens is 510 g/mol. The number of carbonyl (C=O) groups excluding carboxylic acids is 2. The number of hydrogen-bond donors (Lipinski definition) is 2. The standard InChI is InChI=1S/C30H31N5O5/c1-2-27(36)34(15-14-33-16-18-40-19-17-33)23-10-8-22(9-11-23)31-29(21-6-4-3-5-7-21)28-25-20-24(35(38)39)12-13-26(25)32-30(28)37/h3-13,20,31H,2,14-19H2,1H3,(H,32,37). The SMILES string of the molecule is CCC(=O)N(CCN1CCOCC1)c1ccc(NC(=C2C(=O)Nc3ccc([N+](=O)[O-])cc32)c2ccccc2)cc1. The van der Waals surface area contributed by atoms with E-state index in [-0.39, 0.29) is 17.5 Å². The number of ether oxygens (including phenoxy) is 1. The number of anilines is 3. The summed E-state index contributed by atoms with van der Waals surface area (Å²) in [6.07, 6.45) is 0.397. The highest BCUT2D eigenvalue weighted by Gasteiger charge is 2.30. The third-order valence-corrected chi connectivity index (χ3v) is 7.07. The number of fused-ring (bicyclic) bond motifs is 1. The normalized spacial score (nSPS) is 16.2. The summed E-state index contributed by atoms with van der Waals surface area (Å²) >= 11 is 0. The molecule has 40 heavy (non-hydrogen) atoms. The highest BCUT2D eigenvalue weighted by atomic mass is 16.6. The molecule has 3 aromatic carbocycles. The highest BCUT2D eigenvalue weighted by Crippen LogP contribution is 2.39. The Hall–Kier alpha value is -4.54. The second-order valence-electron chi connectivity index (χ2n) is 9.58. The maximum Gasteiger partial charge on any atom is 0.270 e. The van der Waals surface area contributed by atoms with E-state index in [4.69, 9.17) is 4.74 Å². The van der Waals surface area contributed by atoms with E-state index in [2.05, 4.69) is 15.5 Å². The molecule has 0 aromatic heterocycles. The van der Waals surface area contributed by atoms with Crippen LogP contribution in [0.15, 0.2) is 72.8 Å². The fourth-order valence-electron chi connectivity index (χ4n) is 4.92. The molecule has 2 N–H and O–H groups in total. The summed E-state index contributed by atoms with van der Waals surface area (Å²) in [5.74, 6) is -0.303. The minimum Gasteiger partial charge on any atom is -0.379 e. The Kier molecular flexibility index (Phi) is 8.18. The molecule has 10 nitrogen and oxygen atoms in total. The highest BCUT2D eigenvalue weighted by molar-refractivity contribution is 6.37. The van der Waals surface area contributed by atoms with Gasteiger partial charge in [0, 0.05) is 67.4 Å². The molecule has 0 spiro atoms. The quantitative estimate of drug-likeness (QED) is 0.231. The maximum atomic E-state index is 13.1. The Labute approximate surface area is 232 Å². The monoisotopic (exact) mass is 541 g/mol. The fraction of sp³-hybridized carbons (Fsp3) is 0.267. The summed E-state index contributed by atoms with van der Waals surface area (Å²) in [4.78, 5) is 41.0. The number of morpholine rings is 1. The summed E-state index contributed by atoms with van der Waals surface area (Å²) in [6.45, 7) is 6.32. The van der Waals surface area contributed by atoms with Gasteiger partial charge in [0.25, 0.3) is 11.6 Å². The number of nitrogens with one attached hydrogen (secondary N) is 2. The van der Waals surface area contributed by atoms with E-state index in [1.54, 1.807) is 11.0 Å². The second kappa shape index (κ2) is 12.1. The van der Waals surface area contributed by atoms with Gasteiger partial charge in [-0.05, 0) is 35.9 Å². The van der Waals surface area contributed by atoms with Crippen LogP contribution >= 0.6 is 0 Å². The molecule has 2 heterocycles. The lowest BCUT2D eigenvalue weighted by Gasteiger charge is -2.30. The van der Waals surface area contributed by atoms with Gasteiger partial charge in [0.1, 0.15) is 0 Å². The minimum atomic E-state index is -0.475. The smallest absolute Gasteiger partial charge is 0.270 e. The van der Waals surface area contributed by atoms with Crippen LogP contribution in [0.5, 0.6) is 0 Å². The summed E-state index contributed by atoms with van der Waals surface area (Å²) in [5.41, 5.74) is 3.99. The molecule has 0 saturated carbocycles. The molecule has 206 valence electrons. The molecule has 10 heteroatoms. The minimum absolute atomic E-state index is 0.0434. The fourth-order valence-corrected chi connectivity index (χ4v) is 4.92. The summed E-state index contributed by atoms with van der Waals surface area (Å²) in [5, 5.41) is 17.6. The molecule has 2 amide bonds. The summed E-state index contributed by atoms with van der Waals surface area (Å²) < 4.78 is 5.43. The van der Waals surface area contributed by atoms with Crippen molar-refractivity contribution in [3.63, 3.8) is 0 Å². The van der Waals surface area contributed by atoms with E-state index >= 15 is 0 Å². The zero-order valence-corrected chi connectivity index (χ0v) is 22.3. The number of hydrogen-bond acceptors (Lipinski definition) is 7. The molecule has 3 aromatic rings. The maximum absolute atomic E-state index is 13.1. The molecule has 0 bridgehead atoms. The van der Waals surface area contributed by atoms with Gasteiger partial charge in [-0.3, -0.25) is 24.6 Å². The van der Waals surface area contributed by atoms with Crippen molar-refractivity contribution in [3.8, 4) is 0 Å². The van der Waals surface area contributed by atoms with E-state index in [0.717, 1.165) is 30.9 Å². The molecule has 0 radical (unpaired) electrons. The zero-order valence-electron chi connectivity index (χ0n) is 22.3. The molecule has 2 aliphatic rings. The largest absolute Gasteiger partial charge is 0.379 e. The van der Waals surface area contributed by atoms with Gasteiger partial charge in [-0.2, -0.15) is 0 Å². The van der Waals surface area contributed by atoms with E-state index in [0.29, 0.717) is 54.4 Å². The summed E-state index contributed by atoms with van der Waals surface area (Å²) in [6, 6.07) is 21.2. The van der Waals surface area contributed by atoms with Gasteiger partial charge in [0.15, 0.2) is 0 Å². The summed E-state index contributed by atoms with van der Waals surface area (Å²) in [7, 11) is 0. The Morgan fingerprint density at radius 3 is 2.48 bits per heavy atom. The third kappa shape index (κ3) is 5.88. The van der Waals surface area contributed by atoms with E-state index in [9.17, 15) is 19.7 Å². The van der Waals surface area contributed by atoms with Crippen molar-refractivity contribution in [2.24, 2.45) is 0 Å². The Morgan fingerprint density at radius 2 is 1.80 bits per heavy atom. The number of nitro groups is 1. The van der Waals surface area contributed by atoms with Crippen LogP contribution in [0.1, 0.15) is 24.5 Å². The van der Waals surface area contributed by atoms with Gasteiger partial charge >= 0.3 is 0 Å². The Morgan fingerprint density at radius 1 is 1.07 bits per heavy atom. The molecule has 0 unspecified atom stereocenters. The number of benzene rings is 3. The number of amides is 2. The van der Waals surface area contributed by atoms with Crippen molar-refractivity contribution in [1.29, 1.82) is 0 Å². The van der Waals surface area contributed by atoms with E-state index < -0.39 is 4.92 Å². The van der Waals surface area contributed by atoms with Crippen molar-refractivity contribution < 1.29 is 19.2 Å². The second-order valence-corrected chi connectivity index (χ2v) is 9.58. The zero-order chi connectivity index (χ0) is 28.1. The van der Waals surface area contributed by atoms with Crippen molar-refractivity contribution >= 4 is 45.8 Å². The predicted octanol–water partition coefficient (Wildman–Crippen LogP) is 4.60. The predicted molar refractivity (Wildman–Crippen MR) is 155 cm³/mol. The van der Waals surface area contributed by atoms with Crippen molar-refractivity contribution in [2.75, 3.05) is 54.9 Å². The van der Waals surface area contributed by atoms with Gasteiger partial charge in [0.2, 0.25) is 5.91 Å². The van der Waals surface area contributed by atoms with Gasteiger partial charge in [0.05, 0.1) is 29.4 Å². The average Bonchev–Trinajstić information content (AvgIpc) is 3.32. The van der Waals surface area contributed by atoms with Gasteiger partial charge in [-0.1, -0.05) is 37.3 Å². The Balaban J connectivity index is 1.45. The first kappa shape index (κ1) is 27.0. The number of nitrogens with zero attached hydrogens (tertiary/aromatic N) is 3. The topological polar surface area (TPSA) is 117 Å². The van der Waals surface area contributed by atoms with Crippen LogP contribution in [0.25, 0.3) is 11.3 Å². The first-order chi connectivity index (χ1) is 19.4.